The summed E-state index contributed by atoms with van der Waals surface area (Å²) in [6, 6.07) is 7.67. The third-order valence-corrected chi connectivity index (χ3v) is 10.5. The number of phenols is 1. The molecule has 2 bridgehead atoms. The molecular formula is C33H31BrO14. The fourth-order valence-electron chi connectivity index (χ4n) is 7.26. The van der Waals surface area contributed by atoms with Gasteiger partial charge < -0.3 is 57.7 Å². The topological polar surface area (TPSA) is 197 Å². The number of aliphatic hydroxyl groups is 3. The molecule has 4 fully saturated rings. The van der Waals surface area contributed by atoms with Gasteiger partial charge in [-0.15, -0.1) is 0 Å². The predicted molar refractivity (Wildman–Crippen MR) is 170 cm³/mol. The second-order valence-electron chi connectivity index (χ2n) is 12.6. The molecule has 4 N–H and O–H groups in total. The molecule has 48 heavy (non-hydrogen) atoms. The van der Waals surface area contributed by atoms with E-state index in [-0.39, 0.29) is 49.2 Å². The van der Waals surface area contributed by atoms with Crippen LogP contribution in [0.2, 0.25) is 0 Å². The summed E-state index contributed by atoms with van der Waals surface area (Å²) in [5, 5.41) is 45.0. The van der Waals surface area contributed by atoms with Crippen molar-refractivity contribution in [3.63, 3.8) is 0 Å². The van der Waals surface area contributed by atoms with Gasteiger partial charge in [0.25, 0.3) is 5.97 Å². The lowest BCUT2D eigenvalue weighted by Gasteiger charge is -2.54. The predicted octanol–water partition coefficient (Wildman–Crippen LogP) is 2.83. The summed E-state index contributed by atoms with van der Waals surface area (Å²) < 4.78 is 48.1. The van der Waals surface area contributed by atoms with E-state index in [1.807, 2.05) is 0 Å². The normalized spacial score (nSPS) is 35.3. The number of rotatable bonds is 5. The van der Waals surface area contributed by atoms with E-state index in [4.69, 9.17) is 37.3 Å². The molecule has 3 aromatic carbocycles. The zero-order valence-corrected chi connectivity index (χ0v) is 27.5. The summed E-state index contributed by atoms with van der Waals surface area (Å²) in [6.07, 6.45) is -9.91. The lowest BCUT2D eigenvalue weighted by Crippen LogP contribution is -2.69. The average molecular weight is 732 g/mol. The Balaban J connectivity index is 1.27. The smallest absolute Gasteiger partial charge is 0.348 e. The molecule has 0 aliphatic carbocycles. The highest BCUT2D eigenvalue weighted by molar-refractivity contribution is 9.10. The van der Waals surface area contributed by atoms with Crippen molar-refractivity contribution < 1.29 is 57.7 Å². The highest BCUT2D eigenvalue weighted by atomic mass is 79.9. The molecule has 5 aromatic rings. The van der Waals surface area contributed by atoms with Crippen molar-refractivity contribution in [2.45, 2.75) is 81.9 Å². The van der Waals surface area contributed by atoms with Gasteiger partial charge in [-0.3, -0.25) is 0 Å². The third kappa shape index (κ3) is 4.33. The van der Waals surface area contributed by atoms with Crippen molar-refractivity contribution in [3.8, 4) is 11.5 Å². The van der Waals surface area contributed by atoms with Gasteiger partial charge in [-0.05, 0) is 48.0 Å². The summed E-state index contributed by atoms with van der Waals surface area (Å²) in [5.74, 6) is -2.65. The first-order chi connectivity index (χ1) is 22.9. The molecule has 11 atom stereocenters. The van der Waals surface area contributed by atoms with Crippen LogP contribution >= 0.6 is 15.9 Å². The molecule has 15 heteroatoms. The van der Waals surface area contributed by atoms with Gasteiger partial charge in [0.1, 0.15) is 53.0 Å². The molecular weight excluding hydrogens is 700 g/mol. The summed E-state index contributed by atoms with van der Waals surface area (Å²) in [7, 11) is 1.45. The van der Waals surface area contributed by atoms with Crippen LogP contribution in [0, 0.1) is 5.92 Å². The number of benzene rings is 3. The van der Waals surface area contributed by atoms with E-state index < -0.39 is 84.0 Å². The van der Waals surface area contributed by atoms with Crippen molar-refractivity contribution in [2.75, 3.05) is 7.11 Å². The lowest BCUT2D eigenvalue weighted by atomic mass is 9.88. The second-order valence-corrected chi connectivity index (χ2v) is 13.4. The van der Waals surface area contributed by atoms with Gasteiger partial charge in [-0.25, -0.2) is 9.59 Å². The molecule has 2 aromatic heterocycles. The van der Waals surface area contributed by atoms with Gasteiger partial charge in [0.2, 0.25) is 6.29 Å². The molecule has 4 aliphatic heterocycles. The van der Waals surface area contributed by atoms with Crippen LogP contribution in [0.5, 0.6) is 11.5 Å². The lowest BCUT2D eigenvalue weighted by molar-refractivity contribution is -0.514. The molecule has 14 nitrogen and oxygen atoms in total. The number of methoxy groups -OCH3 is 1. The largest absolute Gasteiger partial charge is 0.506 e. The summed E-state index contributed by atoms with van der Waals surface area (Å²) in [5.41, 5.74) is -1.51. The number of hydrogen-bond acceptors (Lipinski definition) is 14. The number of halogens is 1. The maximum Gasteiger partial charge on any atom is 0.348 e. The first kappa shape index (κ1) is 31.9. The number of fused-ring (bicyclic) bond motifs is 5. The molecule has 9 rings (SSSR count). The number of ether oxygens (including phenoxy) is 6. The zero-order valence-electron chi connectivity index (χ0n) is 25.9. The third-order valence-electron chi connectivity index (χ3n) is 9.84. The Morgan fingerprint density at radius 3 is 2.29 bits per heavy atom. The number of phenolic OH excluding ortho intramolecular Hbond substituents is 1. The number of aliphatic hydroxyl groups excluding tert-OH is 3. The van der Waals surface area contributed by atoms with Crippen LogP contribution in [0.25, 0.3) is 43.5 Å². The van der Waals surface area contributed by atoms with E-state index in [0.29, 0.717) is 4.47 Å². The molecule has 4 aliphatic rings. The molecule has 0 saturated carbocycles. The highest BCUT2D eigenvalue weighted by Gasteiger charge is 2.66. The summed E-state index contributed by atoms with van der Waals surface area (Å²) in [4.78, 5) is 26.6. The number of hydrogen-bond donors (Lipinski definition) is 4. The van der Waals surface area contributed by atoms with Crippen LogP contribution in [0.15, 0.2) is 53.2 Å². The van der Waals surface area contributed by atoms with Crippen LogP contribution in [0.3, 0.4) is 0 Å². The van der Waals surface area contributed by atoms with Crippen molar-refractivity contribution in [2.24, 2.45) is 5.92 Å². The molecule has 254 valence electrons. The van der Waals surface area contributed by atoms with E-state index in [2.05, 4.69) is 15.9 Å². The van der Waals surface area contributed by atoms with Gasteiger partial charge in [-0.1, -0.05) is 19.1 Å². The van der Waals surface area contributed by atoms with Crippen LogP contribution in [0.4, 0.5) is 0 Å². The molecule has 6 heterocycles. The van der Waals surface area contributed by atoms with Crippen LogP contribution < -0.4 is 16.0 Å². The van der Waals surface area contributed by atoms with Crippen molar-refractivity contribution in [1.29, 1.82) is 0 Å². The van der Waals surface area contributed by atoms with E-state index in [0.717, 1.165) is 0 Å². The second kappa shape index (κ2) is 11.1. The van der Waals surface area contributed by atoms with E-state index in [9.17, 15) is 30.0 Å². The Morgan fingerprint density at radius 2 is 1.56 bits per heavy atom. The minimum Gasteiger partial charge on any atom is -0.506 e. The van der Waals surface area contributed by atoms with Gasteiger partial charge in [0.05, 0.1) is 28.9 Å². The maximum absolute atomic E-state index is 13.4. The van der Waals surface area contributed by atoms with Crippen molar-refractivity contribution in [1.82, 2.24) is 0 Å². The Bertz CT molecular complexity index is 2200. The first-order valence-electron chi connectivity index (χ1n) is 15.4. The summed E-state index contributed by atoms with van der Waals surface area (Å²) >= 11 is 3.37. The number of aromatic hydroxyl groups is 1. The Labute approximate surface area is 278 Å². The van der Waals surface area contributed by atoms with E-state index in [1.54, 1.807) is 32.9 Å². The molecule has 4 saturated heterocycles. The summed E-state index contributed by atoms with van der Waals surface area (Å²) in [6.45, 7) is 4.95. The van der Waals surface area contributed by atoms with Gasteiger partial charge >= 0.3 is 11.3 Å². The van der Waals surface area contributed by atoms with Gasteiger partial charge in [0, 0.05) is 27.7 Å². The fraction of sp³-hybridized carbons (Fsp3) is 0.455. The van der Waals surface area contributed by atoms with Crippen LogP contribution in [-0.2, 0) is 23.7 Å². The van der Waals surface area contributed by atoms with Gasteiger partial charge in [0.15, 0.2) is 11.7 Å². The van der Waals surface area contributed by atoms with Crippen molar-refractivity contribution in [3.05, 3.63) is 55.6 Å². The fourth-order valence-corrected chi connectivity index (χ4v) is 7.75. The highest BCUT2D eigenvalue weighted by Crippen LogP contribution is 2.50. The first-order valence-corrected chi connectivity index (χ1v) is 16.2. The van der Waals surface area contributed by atoms with Crippen LogP contribution in [-0.4, -0.2) is 88.6 Å². The SMILES string of the molecule is COC1C(O)C(C)OC2(OC3C(Oc4cccc5c(O)c6c(=O)oc7ccc(Br)c8c(=O)oc(c45)c6c78)OC(C)C(O)C3O)OC1C2C. The standard InChI is InChI=1S/C33H31BrO14/c1-10-26-28(41-4)23(36)12(3)46-33(10,47-26)48-29-25(38)22(35)11(2)42-32(29)44-15-7-5-6-13-17(15)27-20-19-16(43-31(40)21(20)24(13)37)9-8-14(34)18(19)30(39)45-27/h5-12,22-23,25-26,28-29,32,35-38H,1-4H3. The molecule has 0 amide bonds. The zero-order chi connectivity index (χ0) is 34.0. The average Bonchev–Trinajstić information content (AvgIpc) is 3.21. The molecule has 11 unspecified atom stereocenters. The Morgan fingerprint density at radius 1 is 0.812 bits per heavy atom. The Kier molecular flexibility index (Phi) is 7.34. The van der Waals surface area contributed by atoms with E-state index in [1.165, 1.54) is 25.3 Å². The monoisotopic (exact) mass is 730 g/mol. The minimum atomic E-state index is -1.76. The minimum absolute atomic E-state index is 0.0321. The van der Waals surface area contributed by atoms with Crippen LogP contribution in [0.1, 0.15) is 20.8 Å². The Hall–Kier alpha value is -3.38. The van der Waals surface area contributed by atoms with E-state index >= 15 is 0 Å². The van der Waals surface area contributed by atoms with Gasteiger partial charge in [-0.2, -0.15) is 0 Å². The molecule has 0 radical (unpaired) electrons. The quantitative estimate of drug-likeness (QED) is 0.117. The van der Waals surface area contributed by atoms with Crippen molar-refractivity contribution >= 4 is 59.4 Å². The maximum atomic E-state index is 13.4. The molecule has 0 spiro atoms.